The van der Waals surface area contributed by atoms with Crippen LogP contribution in [0.3, 0.4) is 0 Å². The van der Waals surface area contributed by atoms with Crippen molar-refractivity contribution in [1.82, 2.24) is 14.5 Å². The summed E-state index contributed by atoms with van der Waals surface area (Å²) in [5, 5.41) is 12.5. The van der Waals surface area contributed by atoms with Crippen molar-refractivity contribution < 1.29 is 24.2 Å². The fourth-order valence-electron chi connectivity index (χ4n) is 5.72. The van der Waals surface area contributed by atoms with Gasteiger partial charge >= 0.3 is 12.1 Å². The number of amides is 1. The van der Waals surface area contributed by atoms with E-state index in [4.69, 9.17) is 20.2 Å². The van der Waals surface area contributed by atoms with E-state index in [1.807, 2.05) is 24.3 Å². The minimum Gasteiger partial charge on any atom is -0.458 e. The molecule has 0 saturated carbocycles. The topological polar surface area (TPSA) is 137 Å². The highest BCUT2D eigenvalue weighted by molar-refractivity contribution is 5.87. The molecule has 0 aliphatic carbocycles. The van der Waals surface area contributed by atoms with E-state index in [9.17, 15) is 19.5 Å². The lowest BCUT2D eigenvalue weighted by molar-refractivity contribution is -0.173. The number of aryl methyl sites for hydroxylation is 1. The summed E-state index contributed by atoms with van der Waals surface area (Å²) in [5.41, 5.74) is 7.93. The second-order valence-electron chi connectivity index (χ2n) is 10.3. The van der Waals surface area contributed by atoms with E-state index in [2.05, 4.69) is 6.92 Å². The predicted octanol–water partition coefficient (Wildman–Crippen LogP) is 2.18. The number of carbonyl (C=O) groups excluding carboxylic acids is 2. The average molecular weight is 519 g/mol. The number of cyclic esters (lactones) is 1. The molecule has 0 radical (unpaired) electrons. The first-order valence-electron chi connectivity index (χ1n) is 13.1. The monoisotopic (exact) mass is 518 g/mol. The van der Waals surface area contributed by atoms with Gasteiger partial charge in [0.2, 0.25) is 0 Å². The van der Waals surface area contributed by atoms with Gasteiger partial charge in [-0.15, -0.1) is 0 Å². The zero-order valence-corrected chi connectivity index (χ0v) is 21.2. The molecule has 0 bridgehead atoms. The lowest BCUT2D eigenvalue weighted by atomic mass is 9.85. The molecule has 0 spiro atoms. The highest BCUT2D eigenvalue weighted by atomic mass is 16.6. The average Bonchev–Trinajstić information content (AvgIpc) is 3.28. The number of nitrogens with two attached hydrogens (primary N) is 1. The zero-order valence-electron chi connectivity index (χ0n) is 21.2. The number of nitrogens with zero attached hydrogens (tertiary/aromatic N) is 3. The number of hydrogen-bond acceptors (Lipinski definition) is 8. The minimum atomic E-state index is -2.12. The van der Waals surface area contributed by atoms with E-state index in [0.717, 1.165) is 28.5 Å². The molecule has 1 amide bonds. The van der Waals surface area contributed by atoms with Crippen LogP contribution < -0.4 is 11.3 Å². The molecule has 1 fully saturated rings. The van der Waals surface area contributed by atoms with Crippen molar-refractivity contribution in [2.24, 2.45) is 5.73 Å². The van der Waals surface area contributed by atoms with Gasteiger partial charge in [-0.2, -0.15) is 0 Å². The third kappa shape index (κ3) is 3.86. The lowest BCUT2D eigenvalue weighted by Crippen LogP contribution is -2.46. The molecule has 1 atom stereocenters. The first-order valence-corrected chi connectivity index (χ1v) is 13.1. The van der Waals surface area contributed by atoms with Crippen LogP contribution >= 0.6 is 0 Å². The molecule has 1 saturated heterocycles. The minimum absolute atomic E-state index is 0.0697. The summed E-state index contributed by atoms with van der Waals surface area (Å²) in [4.78, 5) is 45.4. The SMILES string of the molecule is CCc1cccc2cc3c(nc12)-c1cc2c(c(=O)n1C3)COC(=O)[C@]2(O)CCOC(=O)N1CCC(N)CC1. The summed E-state index contributed by atoms with van der Waals surface area (Å²) in [7, 11) is 0. The Kier molecular flexibility index (Phi) is 5.96. The zero-order chi connectivity index (χ0) is 26.6. The number of carbonyl (C=O) groups is 2. The Morgan fingerprint density at radius 2 is 2.05 bits per heavy atom. The second-order valence-corrected chi connectivity index (χ2v) is 10.3. The van der Waals surface area contributed by atoms with Crippen molar-refractivity contribution in [1.29, 1.82) is 0 Å². The Balaban J connectivity index is 1.33. The normalized spacial score (nSPS) is 20.6. The Morgan fingerprint density at radius 1 is 1.26 bits per heavy atom. The number of rotatable bonds is 4. The van der Waals surface area contributed by atoms with Gasteiger partial charge in [0.1, 0.15) is 6.61 Å². The van der Waals surface area contributed by atoms with E-state index < -0.39 is 17.7 Å². The molecular weight excluding hydrogens is 488 g/mol. The van der Waals surface area contributed by atoms with Crippen molar-refractivity contribution in [3.63, 3.8) is 0 Å². The number of para-hydroxylation sites is 1. The van der Waals surface area contributed by atoms with Crippen LogP contribution in [0.15, 0.2) is 35.1 Å². The first-order chi connectivity index (χ1) is 18.3. The molecule has 6 rings (SSSR count). The van der Waals surface area contributed by atoms with E-state index in [1.54, 1.807) is 15.5 Å². The van der Waals surface area contributed by atoms with E-state index in [1.165, 1.54) is 0 Å². The van der Waals surface area contributed by atoms with Gasteiger partial charge < -0.3 is 29.8 Å². The third-order valence-electron chi connectivity index (χ3n) is 7.98. The van der Waals surface area contributed by atoms with Gasteiger partial charge in [0.05, 0.1) is 35.6 Å². The summed E-state index contributed by atoms with van der Waals surface area (Å²) in [6.45, 7) is 2.97. The molecule has 3 aliphatic heterocycles. The Bertz CT molecular complexity index is 1520. The van der Waals surface area contributed by atoms with Crippen LogP contribution in [0.4, 0.5) is 4.79 Å². The molecular formula is C28H30N4O6. The van der Waals surface area contributed by atoms with Gasteiger partial charge in [-0.3, -0.25) is 4.79 Å². The molecule has 5 heterocycles. The van der Waals surface area contributed by atoms with E-state index in [0.29, 0.717) is 43.9 Å². The fraction of sp³-hybridized carbons (Fsp3) is 0.429. The summed E-state index contributed by atoms with van der Waals surface area (Å²) in [6.07, 6.45) is 1.44. The number of likely N-dealkylation sites (tertiary alicyclic amines) is 1. The van der Waals surface area contributed by atoms with Crippen molar-refractivity contribution >= 4 is 23.0 Å². The Hall–Kier alpha value is -3.76. The summed E-state index contributed by atoms with van der Waals surface area (Å²) in [5.74, 6) is -0.868. The number of pyridine rings is 2. The predicted molar refractivity (Wildman–Crippen MR) is 138 cm³/mol. The van der Waals surface area contributed by atoms with E-state index in [-0.39, 0.29) is 42.4 Å². The van der Waals surface area contributed by atoms with Crippen LogP contribution in [0.2, 0.25) is 0 Å². The molecule has 10 heteroatoms. The fourth-order valence-corrected chi connectivity index (χ4v) is 5.72. The number of ether oxygens (including phenoxy) is 2. The quantitative estimate of drug-likeness (QED) is 0.392. The van der Waals surface area contributed by atoms with Gasteiger partial charge in [0.25, 0.3) is 5.56 Å². The number of piperidine rings is 1. The molecule has 2 aromatic heterocycles. The van der Waals surface area contributed by atoms with Crippen LogP contribution in [-0.4, -0.2) is 57.4 Å². The van der Waals surface area contributed by atoms with Crippen LogP contribution in [0.5, 0.6) is 0 Å². The smallest absolute Gasteiger partial charge is 0.409 e. The maximum absolute atomic E-state index is 13.5. The molecule has 3 aliphatic rings. The van der Waals surface area contributed by atoms with E-state index >= 15 is 0 Å². The number of hydrogen-bond donors (Lipinski definition) is 2. The second kappa shape index (κ2) is 9.21. The molecule has 10 nitrogen and oxygen atoms in total. The maximum Gasteiger partial charge on any atom is 0.409 e. The lowest BCUT2D eigenvalue weighted by Gasteiger charge is -2.33. The number of aromatic nitrogens is 2. The molecule has 3 aromatic rings. The number of benzene rings is 1. The van der Waals surface area contributed by atoms with Crippen molar-refractivity contribution in [3.8, 4) is 11.4 Å². The van der Waals surface area contributed by atoms with Crippen LogP contribution in [0.1, 0.15) is 48.4 Å². The Morgan fingerprint density at radius 3 is 2.82 bits per heavy atom. The van der Waals surface area contributed by atoms with Gasteiger partial charge in [-0.1, -0.05) is 25.1 Å². The van der Waals surface area contributed by atoms with Crippen molar-refractivity contribution in [2.75, 3.05) is 19.7 Å². The molecule has 0 unspecified atom stereocenters. The summed E-state index contributed by atoms with van der Waals surface area (Å²) < 4.78 is 12.2. The van der Waals surface area contributed by atoms with Crippen LogP contribution in [0, 0.1) is 0 Å². The van der Waals surface area contributed by atoms with Crippen LogP contribution in [0.25, 0.3) is 22.3 Å². The third-order valence-corrected chi connectivity index (χ3v) is 7.98. The highest BCUT2D eigenvalue weighted by Crippen LogP contribution is 2.39. The maximum atomic E-state index is 13.5. The van der Waals surface area contributed by atoms with Gasteiger partial charge in [0, 0.05) is 42.1 Å². The summed E-state index contributed by atoms with van der Waals surface area (Å²) >= 11 is 0. The van der Waals surface area contributed by atoms with Gasteiger partial charge in [0.15, 0.2) is 5.60 Å². The Labute approximate surface area is 219 Å². The standard InChI is InChI=1S/C28H30N4O6/c1-2-16-4-3-5-17-12-18-14-32-22(24(18)30-23(16)17)13-21-20(25(32)33)15-38-26(34)28(21,36)8-11-37-27(35)31-9-6-19(29)7-10-31/h3-5,12-13,19,36H,2,6-11,14-15,29H2,1H3/t28-/m0/s1. The number of fused-ring (bicyclic) bond motifs is 5. The van der Waals surface area contributed by atoms with Crippen molar-refractivity contribution in [2.45, 2.75) is 57.4 Å². The van der Waals surface area contributed by atoms with Gasteiger partial charge in [-0.25, -0.2) is 14.6 Å². The molecule has 198 valence electrons. The van der Waals surface area contributed by atoms with Crippen molar-refractivity contribution in [3.05, 3.63) is 62.9 Å². The first kappa shape index (κ1) is 24.6. The van der Waals surface area contributed by atoms with Crippen LogP contribution in [-0.2, 0) is 39.4 Å². The summed E-state index contributed by atoms with van der Waals surface area (Å²) in [6, 6.07) is 9.82. The van der Waals surface area contributed by atoms with Gasteiger partial charge in [-0.05, 0) is 37.0 Å². The number of esters is 1. The number of aliphatic hydroxyl groups is 1. The highest BCUT2D eigenvalue weighted by Gasteiger charge is 2.47. The molecule has 38 heavy (non-hydrogen) atoms. The molecule has 1 aromatic carbocycles. The largest absolute Gasteiger partial charge is 0.458 e. The molecule has 3 N–H and O–H groups in total.